The molecule has 2 aromatic heterocycles. The minimum atomic E-state index is -4.69. The number of alkyl halides is 6. The molecule has 4 rings (SSSR count). The van der Waals surface area contributed by atoms with Gasteiger partial charge in [-0.25, -0.2) is 19.2 Å². The van der Waals surface area contributed by atoms with Gasteiger partial charge in [0.15, 0.2) is 0 Å². The Morgan fingerprint density at radius 3 is 2.33 bits per heavy atom. The maximum atomic E-state index is 13.4. The Kier molecular flexibility index (Phi) is 9.30. The van der Waals surface area contributed by atoms with Crippen LogP contribution in [0.15, 0.2) is 72.0 Å². The molecule has 0 aliphatic carbocycles. The fraction of sp³-hybridized carbons (Fsp3) is 0.192. The SMILES string of the molecule is CC(F)(F)c1ccc(/C=N/Nc2nc(NCc3ccc(Cl)nc3)nc(Nc3cccc(OC(F)(F)C(F)F)c3)n2)cc1. The summed E-state index contributed by atoms with van der Waals surface area (Å²) in [6, 6.07) is 13.7. The normalized spacial score (nSPS) is 12.0. The van der Waals surface area contributed by atoms with Crippen LogP contribution in [0.4, 0.5) is 49.9 Å². The maximum absolute atomic E-state index is 13.4. The van der Waals surface area contributed by atoms with Gasteiger partial charge in [0, 0.05) is 37.0 Å². The average Bonchev–Trinajstić information content (AvgIpc) is 2.92. The van der Waals surface area contributed by atoms with E-state index in [1.165, 1.54) is 42.6 Å². The van der Waals surface area contributed by atoms with E-state index in [4.69, 9.17) is 11.6 Å². The van der Waals surface area contributed by atoms with Gasteiger partial charge in [-0.05, 0) is 29.3 Å². The molecule has 0 unspecified atom stereocenters. The van der Waals surface area contributed by atoms with Crippen molar-refractivity contribution in [3.05, 3.63) is 88.7 Å². The van der Waals surface area contributed by atoms with E-state index in [0.717, 1.165) is 24.6 Å². The summed E-state index contributed by atoms with van der Waals surface area (Å²) >= 11 is 5.81. The number of hydrogen-bond acceptors (Lipinski definition) is 9. The molecule has 0 fully saturated rings. The van der Waals surface area contributed by atoms with E-state index < -0.39 is 24.2 Å². The molecule has 0 saturated carbocycles. The summed E-state index contributed by atoms with van der Waals surface area (Å²) in [6.45, 7) is 1.03. The first-order valence-corrected chi connectivity index (χ1v) is 12.3. The lowest BCUT2D eigenvalue weighted by Crippen LogP contribution is -2.33. The van der Waals surface area contributed by atoms with Crippen LogP contribution in [0.5, 0.6) is 5.75 Å². The third-order valence-electron chi connectivity index (χ3n) is 5.27. The summed E-state index contributed by atoms with van der Waals surface area (Å²) in [4.78, 5) is 16.6. The smallest absolute Gasteiger partial charge is 0.428 e. The van der Waals surface area contributed by atoms with Crippen molar-refractivity contribution in [1.82, 2.24) is 19.9 Å². The van der Waals surface area contributed by atoms with Crippen molar-refractivity contribution < 1.29 is 31.1 Å². The predicted octanol–water partition coefficient (Wildman–Crippen LogP) is 7.07. The van der Waals surface area contributed by atoms with Gasteiger partial charge < -0.3 is 15.4 Å². The molecule has 0 radical (unpaired) electrons. The number of ether oxygens (including phenoxy) is 1. The number of anilines is 4. The van der Waals surface area contributed by atoms with E-state index in [1.54, 1.807) is 18.3 Å². The van der Waals surface area contributed by atoms with E-state index in [-0.39, 0.29) is 35.6 Å². The molecule has 2 aromatic carbocycles. The molecule has 3 N–H and O–H groups in total. The number of halogens is 7. The van der Waals surface area contributed by atoms with E-state index in [2.05, 4.69) is 45.8 Å². The number of hydrogen-bond donors (Lipinski definition) is 3. The van der Waals surface area contributed by atoms with Crippen LogP contribution in [0.2, 0.25) is 5.15 Å². The van der Waals surface area contributed by atoms with Gasteiger partial charge in [-0.2, -0.15) is 37.6 Å². The monoisotopic (exact) mass is 610 g/mol. The van der Waals surface area contributed by atoms with Crippen molar-refractivity contribution in [3.8, 4) is 5.75 Å². The molecular weight excluding hydrogens is 590 g/mol. The van der Waals surface area contributed by atoms with E-state index >= 15 is 0 Å². The maximum Gasteiger partial charge on any atom is 0.461 e. The largest absolute Gasteiger partial charge is 0.461 e. The first-order chi connectivity index (χ1) is 19.9. The van der Waals surface area contributed by atoms with Crippen molar-refractivity contribution in [3.63, 3.8) is 0 Å². The number of rotatable bonds is 12. The molecule has 0 bridgehead atoms. The van der Waals surface area contributed by atoms with Gasteiger partial charge in [-0.1, -0.05) is 48.0 Å². The van der Waals surface area contributed by atoms with Crippen molar-refractivity contribution in [2.45, 2.75) is 31.9 Å². The van der Waals surface area contributed by atoms with Crippen LogP contribution in [0.3, 0.4) is 0 Å². The Labute approximate surface area is 240 Å². The second-order valence-corrected chi connectivity index (χ2v) is 9.03. The number of aromatic nitrogens is 4. The lowest BCUT2D eigenvalue weighted by molar-refractivity contribution is -0.253. The van der Waals surface area contributed by atoms with Gasteiger partial charge >= 0.3 is 12.5 Å². The van der Waals surface area contributed by atoms with Crippen molar-refractivity contribution in [2.24, 2.45) is 5.10 Å². The number of pyridine rings is 1. The molecule has 42 heavy (non-hydrogen) atoms. The second-order valence-electron chi connectivity index (χ2n) is 8.65. The fourth-order valence-electron chi connectivity index (χ4n) is 3.25. The van der Waals surface area contributed by atoms with E-state index in [9.17, 15) is 26.3 Å². The average molecular weight is 611 g/mol. The highest BCUT2D eigenvalue weighted by molar-refractivity contribution is 6.29. The molecule has 16 heteroatoms. The quantitative estimate of drug-likeness (QED) is 0.0676. The topological polar surface area (TPSA) is 109 Å². The standard InChI is InChI=1S/C26H21ClF6N8O/c1-25(30,31)17-8-5-15(6-9-17)14-36-41-24-39-22(35-13-16-7-10-20(27)34-12-16)38-23(40-24)37-18-3-2-4-19(11-18)42-26(32,33)21(28)29/h2-12,14,21H,13H2,1H3,(H3,35,37,38,39,40,41)/b36-14+. The van der Waals surface area contributed by atoms with Crippen LogP contribution in [0, 0.1) is 0 Å². The molecule has 0 saturated heterocycles. The van der Waals surface area contributed by atoms with Gasteiger partial charge in [0.05, 0.1) is 6.21 Å². The minimum Gasteiger partial charge on any atom is -0.428 e. The Morgan fingerprint density at radius 1 is 0.952 bits per heavy atom. The summed E-state index contributed by atoms with van der Waals surface area (Å²) < 4.78 is 82.8. The van der Waals surface area contributed by atoms with Crippen LogP contribution in [-0.2, 0) is 12.5 Å². The Bertz CT molecular complexity index is 1520. The van der Waals surface area contributed by atoms with Crippen LogP contribution in [-0.4, -0.2) is 38.7 Å². The molecule has 0 spiro atoms. The molecule has 0 atom stereocenters. The fourth-order valence-corrected chi connectivity index (χ4v) is 3.36. The summed E-state index contributed by atoms with van der Waals surface area (Å²) in [5, 5.41) is 10.1. The third-order valence-corrected chi connectivity index (χ3v) is 5.49. The number of benzene rings is 2. The number of nitrogens with zero attached hydrogens (tertiary/aromatic N) is 5. The van der Waals surface area contributed by atoms with E-state index in [1.807, 2.05) is 0 Å². The molecule has 220 valence electrons. The Morgan fingerprint density at radius 2 is 1.67 bits per heavy atom. The van der Waals surface area contributed by atoms with Crippen LogP contribution >= 0.6 is 11.6 Å². The summed E-state index contributed by atoms with van der Waals surface area (Å²) in [6.07, 6.45) is -5.82. The van der Waals surface area contributed by atoms with Crippen molar-refractivity contribution in [2.75, 3.05) is 16.1 Å². The summed E-state index contributed by atoms with van der Waals surface area (Å²) in [5.74, 6) is -3.59. The second kappa shape index (κ2) is 12.9. The van der Waals surface area contributed by atoms with Gasteiger partial charge in [-0.3, -0.25) is 0 Å². The van der Waals surface area contributed by atoms with Gasteiger partial charge in [0.2, 0.25) is 17.8 Å². The predicted molar refractivity (Wildman–Crippen MR) is 145 cm³/mol. The molecular formula is C26H21ClF6N8O. The molecule has 9 nitrogen and oxygen atoms in total. The van der Waals surface area contributed by atoms with Gasteiger partial charge in [0.25, 0.3) is 5.92 Å². The van der Waals surface area contributed by atoms with Crippen LogP contribution < -0.4 is 20.8 Å². The van der Waals surface area contributed by atoms with E-state index in [0.29, 0.717) is 10.7 Å². The zero-order chi connectivity index (χ0) is 30.3. The lowest BCUT2D eigenvalue weighted by atomic mass is 10.1. The number of hydrazone groups is 1. The molecule has 4 aromatic rings. The zero-order valence-corrected chi connectivity index (χ0v) is 22.3. The summed E-state index contributed by atoms with van der Waals surface area (Å²) in [7, 11) is 0. The zero-order valence-electron chi connectivity index (χ0n) is 21.5. The van der Waals surface area contributed by atoms with Crippen molar-refractivity contribution in [1.29, 1.82) is 0 Å². The molecule has 2 heterocycles. The van der Waals surface area contributed by atoms with Crippen LogP contribution in [0.1, 0.15) is 23.6 Å². The third kappa shape index (κ3) is 8.67. The first kappa shape index (κ1) is 30.3. The lowest BCUT2D eigenvalue weighted by Gasteiger charge is -2.17. The summed E-state index contributed by atoms with van der Waals surface area (Å²) in [5.41, 5.74) is 3.84. The highest BCUT2D eigenvalue weighted by Crippen LogP contribution is 2.30. The molecule has 0 amide bonds. The molecule has 0 aliphatic rings. The Balaban J connectivity index is 1.54. The van der Waals surface area contributed by atoms with Crippen LogP contribution in [0.25, 0.3) is 0 Å². The minimum absolute atomic E-state index is 0.0613. The first-order valence-electron chi connectivity index (χ1n) is 12.0. The number of nitrogens with one attached hydrogen (secondary N) is 3. The van der Waals surface area contributed by atoms with Gasteiger partial charge in [-0.15, -0.1) is 0 Å². The highest BCUT2D eigenvalue weighted by Gasteiger charge is 2.44. The van der Waals surface area contributed by atoms with Gasteiger partial charge in [0.1, 0.15) is 10.9 Å². The highest BCUT2D eigenvalue weighted by atomic mass is 35.5. The Hall–Kier alpha value is -4.66. The van der Waals surface area contributed by atoms with Crippen molar-refractivity contribution >= 4 is 41.3 Å². The molecule has 0 aliphatic heterocycles.